The molecule has 0 saturated carbocycles. The fourth-order valence-corrected chi connectivity index (χ4v) is 3.85. The molecule has 4 aromatic rings. The van der Waals surface area contributed by atoms with Crippen LogP contribution in [0, 0.1) is 5.82 Å². The van der Waals surface area contributed by atoms with E-state index in [1.54, 1.807) is 6.33 Å². The van der Waals surface area contributed by atoms with Crippen molar-refractivity contribution in [2.45, 2.75) is 10.4 Å². The average Bonchev–Trinajstić information content (AvgIpc) is 3.23. The third-order valence-electron chi connectivity index (χ3n) is 4.23. The Hall–Kier alpha value is -3.45. The number of hydrogen-bond acceptors (Lipinski definition) is 4. The van der Waals surface area contributed by atoms with E-state index in [9.17, 15) is 9.18 Å². The van der Waals surface area contributed by atoms with E-state index >= 15 is 0 Å². The lowest BCUT2D eigenvalue weighted by Gasteiger charge is -2.17. The Labute approximate surface area is 171 Å². The van der Waals surface area contributed by atoms with E-state index in [0.717, 1.165) is 11.3 Å². The minimum atomic E-state index is -0.562. The molecule has 29 heavy (non-hydrogen) atoms. The van der Waals surface area contributed by atoms with Crippen LogP contribution in [0.2, 0.25) is 0 Å². The van der Waals surface area contributed by atoms with E-state index in [0.29, 0.717) is 10.8 Å². The van der Waals surface area contributed by atoms with E-state index < -0.39 is 5.25 Å². The lowest BCUT2D eigenvalue weighted by Crippen LogP contribution is -2.19. The molecule has 7 heteroatoms. The number of rotatable bonds is 6. The number of halogens is 1. The van der Waals surface area contributed by atoms with Crippen molar-refractivity contribution in [3.8, 4) is 5.69 Å². The summed E-state index contributed by atoms with van der Waals surface area (Å²) in [6.07, 6.45) is 1.62. The highest BCUT2D eigenvalue weighted by Gasteiger charge is 2.25. The van der Waals surface area contributed by atoms with Crippen LogP contribution in [0.3, 0.4) is 0 Å². The van der Waals surface area contributed by atoms with Crippen LogP contribution in [-0.2, 0) is 4.79 Å². The first kappa shape index (κ1) is 18.9. The van der Waals surface area contributed by atoms with Crippen LogP contribution < -0.4 is 5.32 Å². The van der Waals surface area contributed by atoms with E-state index in [-0.39, 0.29) is 11.7 Å². The Morgan fingerprint density at radius 3 is 2.28 bits per heavy atom. The van der Waals surface area contributed by atoms with Gasteiger partial charge in [-0.15, -0.1) is 10.2 Å². The lowest BCUT2D eigenvalue weighted by atomic mass is 10.1. The van der Waals surface area contributed by atoms with Gasteiger partial charge in [0.25, 0.3) is 0 Å². The summed E-state index contributed by atoms with van der Waals surface area (Å²) in [5.41, 5.74) is 2.27. The molecule has 144 valence electrons. The SMILES string of the molecule is O=C(Nc1ccc(F)cc1)[C@H](Sc1nncn1-c1ccccc1)c1ccccc1. The summed E-state index contributed by atoms with van der Waals surface area (Å²) in [5, 5.41) is 11.1. The molecule has 0 aliphatic rings. The molecule has 4 rings (SSSR count). The van der Waals surface area contributed by atoms with Gasteiger partial charge in [0.15, 0.2) is 5.16 Å². The highest BCUT2D eigenvalue weighted by Crippen LogP contribution is 2.36. The summed E-state index contributed by atoms with van der Waals surface area (Å²) < 4.78 is 15.0. The molecule has 1 N–H and O–H groups in total. The predicted molar refractivity (Wildman–Crippen MR) is 111 cm³/mol. The van der Waals surface area contributed by atoms with Crippen LogP contribution >= 0.6 is 11.8 Å². The summed E-state index contributed by atoms with van der Waals surface area (Å²) in [4.78, 5) is 13.1. The zero-order valence-electron chi connectivity index (χ0n) is 15.3. The first-order chi connectivity index (χ1) is 14.2. The summed E-state index contributed by atoms with van der Waals surface area (Å²) in [7, 11) is 0. The second-order valence-electron chi connectivity index (χ2n) is 6.22. The molecule has 0 unspecified atom stereocenters. The van der Waals surface area contributed by atoms with Gasteiger partial charge in [0.2, 0.25) is 5.91 Å². The molecule has 0 saturated heterocycles. The second-order valence-corrected chi connectivity index (χ2v) is 7.30. The van der Waals surface area contributed by atoms with Gasteiger partial charge in [0, 0.05) is 11.4 Å². The van der Waals surface area contributed by atoms with Gasteiger partial charge in [-0.05, 0) is 42.0 Å². The molecular weight excluding hydrogens is 387 g/mol. The molecular formula is C22H17FN4OS. The highest BCUT2D eigenvalue weighted by atomic mass is 32.2. The maximum absolute atomic E-state index is 13.2. The number of hydrogen-bond donors (Lipinski definition) is 1. The Kier molecular flexibility index (Phi) is 5.67. The third kappa shape index (κ3) is 4.52. The summed E-state index contributed by atoms with van der Waals surface area (Å²) >= 11 is 1.30. The first-order valence-electron chi connectivity index (χ1n) is 8.94. The quantitative estimate of drug-likeness (QED) is 0.466. The van der Waals surface area contributed by atoms with Crippen LogP contribution in [0.15, 0.2) is 96.4 Å². The Bertz CT molecular complexity index is 1080. The Morgan fingerprint density at radius 1 is 0.931 bits per heavy atom. The van der Waals surface area contributed by atoms with Gasteiger partial charge in [-0.3, -0.25) is 9.36 Å². The fraction of sp³-hybridized carbons (Fsp3) is 0.0455. The zero-order chi connectivity index (χ0) is 20.1. The normalized spacial score (nSPS) is 11.8. The average molecular weight is 404 g/mol. The fourth-order valence-electron chi connectivity index (χ4n) is 2.82. The van der Waals surface area contributed by atoms with E-state index in [1.807, 2.05) is 65.2 Å². The van der Waals surface area contributed by atoms with Crippen molar-refractivity contribution in [2.24, 2.45) is 0 Å². The molecule has 0 radical (unpaired) electrons. The number of benzene rings is 3. The molecule has 0 spiro atoms. The van der Waals surface area contributed by atoms with Crippen molar-refractivity contribution in [3.05, 3.63) is 103 Å². The van der Waals surface area contributed by atoms with Gasteiger partial charge in [-0.2, -0.15) is 0 Å². The van der Waals surface area contributed by atoms with Crippen molar-refractivity contribution in [1.29, 1.82) is 0 Å². The number of carbonyl (C=O) groups excluding carboxylic acids is 1. The van der Waals surface area contributed by atoms with Gasteiger partial charge in [-0.1, -0.05) is 60.3 Å². The van der Waals surface area contributed by atoms with Crippen LogP contribution in [0.5, 0.6) is 0 Å². The minimum absolute atomic E-state index is 0.226. The number of nitrogens with one attached hydrogen (secondary N) is 1. The smallest absolute Gasteiger partial charge is 0.242 e. The molecule has 1 atom stereocenters. The van der Waals surface area contributed by atoms with Crippen molar-refractivity contribution in [3.63, 3.8) is 0 Å². The molecule has 3 aromatic carbocycles. The molecule has 0 bridgehead atoms. The molecule has 0 aliphatic heterocycles. The first-order valence-corrected chi connectivity index (χ1v) is 9.82. The van der Waals surface area contributed by atoms with Crippen molar-refractivity contribution >= 4 is 23.4 Å². The minimum Gasteiger partial charge on any atom is -0.325 e. The van der Waals surface area contributed by atoms with Crippen molar-refractivity contribution < 1.29 is 9.18 Å². The number of amides is 1. The number of anilines is 1. The third-order valence-corrected chi connectivity index (χ3v) is 5.44. The summed E-state index contributed by atoms with van der Waals surface area (Å²) in [5.74, 6) is -0.580. The van der Waals surface area contributed by atoms with Crippen molar-refractivity contribution in [2.75, 3.05) is 5.32 Å². The summed E-state index contributed by atoms with van der Waals surface area (Å²) in [6, 6.07) is 24.8. The topological polar surface area (TPSA) is 59.8 Å². The number of aromatic nitrogens is 3. The molecule has 0 aliphatic carbocycles. The zero-order valence-corrected chi connectivity index (χ0v) is 16.1. The summed E-state index contributed by atoms with van der Waals surface area (Å²) in [6.45, 7) is 0. The predicted octanol–water partition coefficient (Wildman–Crippen LogP) is 4.88. The number of para-hydroxylation sites is 1. The van der Waals surface area contributed by atoms with E-state index in [2.05, 4.69) is 15.5 Å². The van der Waals surface area contributed by atoms with Gasteiger partial charge < -0.3 is 5.32 Å². The number of nitrogens with zero attached hydrogens (tertiary/aromatic N) is 3. The Morgan fingerprint density at radius 2 is 1.59 bits per heavy atom. The van der Waals surface area contributed by atoms with E-state index in [1.165, 1.54) is 36.0 Å². The maximum Gasteiger partial charge on any atom is 0.242 e. The molecule has 1 aromatic heterocycles. The van der Waals surface area contributed by atoms with Gasteiger partial charge in [-0.25, -0.2) is 4.39 Å². The van der Waals surface area contributed by atoms with E-state index in [4.69, 9.17) is 0 Å². The monoisotopic (exact) mass is 404 g/mol. The van der Waals surface area contributed by atoms with Crippen LogP contribution in [0.25, 0.3) is 5.69 Å². The van der Waals surface area contributed by atoms with Crippen LogP contribution in [0.1, 0.15) is 10.8 Å². The second kappa shape index (κ2) is 8.70. The van der Waals surface area contributed by atoms with Gasteiger partial charge in [0.05, 0.1) is 0 Å². The largest absolute Gasteiger partial charge is 0.325 e. The Balaban J connectivity index is 1.63. The standard InChI is InChI=1S/C22H17FN4OS/c23-17-11-13-18(14-12-17)25-21(28)20(16-7-3-1-4-8-16)29-22-26-24-15-27(22)19-9-5-2-6-10-19/h1-15,20H,(H,25,28)/t20-/m1/s1. The molecule has 1 amide bonds. The molecule has 0 fully saturated rings. The van der Waals surface area contributed by atoms with Gasteiger partial charge >= 0.3 is 0 Å². The highest BCUT2D eigenvalue weighted by molar-refractivity contribution is 8.00. The lowest BCUT2D eigenvalue weighted by molar-refractivity contribution is -0.115. The van der Waals surface area contributed by atoms with Crippen LogP contribution in [0.4, 0.5) is 10.1 Å². The maximum atomic E-state index is 13.2. The van der Waals surface area contributed by atoms with Gasteiger partial charge in [0.1, 0.15) is 17.4 Å². The number of thioether (sulfide) groups is 1. The molecule has 1 heterocycles. The number of carbonyl (C=O) groups is 1. The van der Waals surface area contributed by atoms with Crippen LogP contribution in [-0.4, -0.2) is 20.7 Å². The molecule has 5 nitrogen and oxygen atoms in total. The van der Waals surface area contributed by atoms with Crippen molar-refractivity contribution in [1.82, 2.24) is 14.8 Å².